The summed E-state index contributed by atoms with van der Waals surface area (Å²) in [5.74, 6) is 1.88. The van der Waals surface area contributed by atoms with E-state index < -0.39 is 0 Å². The van der Waals surface area contributed by atoms with Crippen LogP contribution in [-0.2, 0) is 0 Å². The van der Waals surface area contributed by atoms with Crippen molar-refractivity contribution in [2.24, 2.45) is 0 Å². The van der Waals surface area contributed by atoms with Gasteiger partial charge in [-0.15, -0.1) is 0 Å². The van der Waals surface area contributed by atoms with E-state index in [2.05, 4.69) is 127 Å². The van der Waals surface area contributed by atoms with Gasteiger partial charge in [-0.05, 0) is 68.1 Å². The number of para-hydroxylation sites is 1. The number of hydrogen-bond donors (Lipinski definition) is 0. The molecule has 2 aromatic heterocycles. The van der Waals surface area contributed by atoms with Crippen LogP contribution >= 0.6 is 0 Å². The van der Waals surface area contributed by atoms with Crippen molar-refractivity contribution in [3.8, 4) is 56.4 Å². The first kappa shape index (κ1) is 29.0. The molecule has 0 fully saturated rings. The minimum Gasteiger partial charge on any atom is -0.456 e. The van der Waals surface area contributed by atoms with E-state index in [4.69, 9.17) is 19.4 Å². The van der Waals surface area contributed by atoms with Crippen LogP contribution in [0.15, 0.2) is 180 Å². The van der Waals surface area contributed by atoms with Crippen LogP contribution in [0.1, 0.15) is 0 Å². The predicted octanol–water partition coefficient (Wildman–Crippen LogP) is 12.4. The molecule has 0 amide bonds. The van der Waals surface area contributed by atoms with Gasteiger partial charge in [0.2, 0.25) is 0 Å². The Hall–Kier alpha value is -6.91. The van der Waals surface area contributed by atoms with Gasteiger partial charge in [-0.2, -0.15) is 0 Å². The molecular weight excluding hydrogens is 623 g/mol. The summed E-state index contributed by atoms with van der Waals surface area (Å²) in [6.07, 6.45) is 0. The van der Waals surface area contributed by atoms with Crippen LogP contribution in [0.25, 0.3) is 99.9 Å². The summed E-state index contributed by atoms with van der Waals surface area (Å²) in [4.78, 5) is 15.3. The average molecular weight is 652 g/mol. The van der Waals surface area contributed by atoms with Gasteiger partial charge in [-0.25, -0.2) is 15.0 Å². The summed E-state index contributed by atoms with van der Waals surface area (Å²) in [5.41, 5.74) is 9.08. The van der Waals surface area contributed by atoms with E-state index in [0.29, 0.717) is 17.5 Å². The zero-order valence-corrected chi connectivity index (χ0v) is 27.5. The van der Waals surface area contributed by atoms with E-state index in [0.717, 1.165) is 66.1 Å². The number of hydrogen-bond acceptors (Lipinski definition) is 4. The fourth-order valence-corrected chi connectivity index (χ4v) is 7.29. The number of fused-ring (bicyclic) bond motifs is 5. The number of benzene rings is 8. The third-order valence-electron chi connectivity index (χ3n) is 9.72. The number of nitrogens with zero attached hydrogens (tertiary/aromatic N) is 3. The van der Waals surface area contributed by atoms with Crippen LogP contribution < -0.4 is 0 Å². The summed E-state index contributed by atoms with van der Waals surface area (Å²) in [6.45, 7) is 0. The lowest BCUT2D eigenvalue weighted by Crippen LogP contribution is -2.00. The van der Waals surface area contributed by atoms with E-state index in [-0.39, 0.29) is 0 Å². The second kappa shape index (κ2) is 11.9. The second-order valence-corrected chi connectivity index (χ2v) is 12.8. The van der Waals surface area contributed by atoms with E-state index in [1.807, 2.05) is 48.5 Å². The maximum Gasteiger partial charge on any atom is 0.164 e. The van der Waals surface area contributed by atoms with Crippen molar-refractivity contribution in [2.45, 2.75) is 0 Å². The van der Waals surface area contributed by atoms with Crippen LogP contribution in [0.4, 0.5) is 0 Å². The molecule has 4 nitrogen and oxygen atoms in total. The molecule has 10 aromatic rings. The molecule has 0 unspecified atom stereocenters. The molecule has 4 heteroatoms. The number of aromatic nitrogens is 3. The summed E-state index contributed by atoms with van der Waals surface area (Å²) in [6, 6.07) is 61.1. The van der Waals surface area contributed by atoms with E-state index >= 15 is 0 Å². The summed E-state index contributed by atoms with van der Waals surface area (Å²) >= 11 is 0. The maximum atomic E-state index is 6.30. The lowest BCUT2D eigenvalue weighted by molar-refractivity contribution is 0.669. The first-order valence-electron chi connectivity index (χ1n) is 17.1. The topological polar surface area (TPSA) is 51.8 Å². The van der Waals surface area contributed by atoms with Crippen LogP contribution in [-0.4, -0.2) is 15.0 Å². The van der Waals surface area contributed by atoms with Crippen LogP contribution in [0.3, 0.4) is 0 Å². The molecule has 0 bridgehead atoms. The van der Waals surface area contributed by atoms with Crippen molar-refractivity contribution < 1.29 is 4.42 Å². The fraction of sp³-hybridized carbons (Fsp3) is 0. The highest BCUT2D eigenvalue weighted by molar-refractivity contribution is 6.15. The highest BCUT2D eigenvalue weighted by Gasteiger charge is 2.18. The van der Waals surface area contributed by atoms with Crippen LogP contribution in [0.2, 0.25) is 0 Å². The normalized spacial score (nSPS) is 11.5. The third-order valence-corrected chi connectivity index (χ3v) is 9.72. The Kier molecular flexibility index (Phi) is 6.78. The third kappa shape index (κ3) is 5.04. The Morgan fingerprint density at radius 2 is 0.843 bits per heavy atom. The molecule has 0 aliphatic carbocycles. The first-order valence-corrected chi connectivity index (χ1v) is 17.1. The quantitative estimate of drug-likeness (QED) is 0.186. The molecular formula is C47H29N3O. The molecule has 10 rings (SSSR count). The van der Waals surface area contributed by atoms with Crippen molar-refractivity contribution in [2.75, 3.05) is 0 Å². The zero-order chi connectivity index (χ0) is 33.7. The van der Waals surface area contributed by atoms with E-state index in [1.54, 1.807) is 0 Å². The van der Waals surface area contributed by atoms with Crippen molar-refractivity contribution in [3.05, 3.63) is 176 Å². The van der Waals surface area contributed by atoms with Gasteiger partial charge in [0.05, 0.1) is 0 Å². The van der Waals surface area contributed by atoms with Crippen LogP contribution in [0.5, 0.6) is 0 Å². The number of rotatable bonds is 5. The monoisotopic (exact) mass is 651 g/mol. The molecule has 2 heterocycles. The first-order chi connectivity index (χ1) is 25.3. The van der Waals surface area contributed by atoms with Gasteiger partial charge in [-0.1, -0.05) is 152 Å². The number of furan rings is 1. The molecule has 0 N–H and O–H groups in total. The molecule has 0 radical (unpaired) electrons. The standard InChI is InChI=1S/C47H29N3O/c1-2-13-32(14-3-1)45-48-46(33-26-24-31(25-27-33)37-20-10-16-30-12-4-6-17-36(30)37)50-47(49-45)35-28-34-15-5-7-18-38(34)41(29-35)39-21-11-23-43-44(39)40-19-8-9-22-42(40)51-43/h1-29H. The minimum atomic E-state index is 0.619. The molecule has 0 saturated heterocycles. The smallest absolute Gasteiger partial charge is 0.164 e. The second-order valence-electron chi connectivity index (χ2n) is 12.8. The van der Waals surface area contributed by atoms with Crippen molar-refractivity contribution >= 4 is 43.5 Å². The Morgan fingerprint density at radius 1 is 0.314 bits per heavy atom. The lowest BCUT2D eigenvalue weighted by Gasteiger charge is -2.13. The molecule has 238 valence electrons. The van der Waals surface area contributed by atoms with E-state index in [9.17, 15) is 0 Å². The average Bonchev–Trinajstić information content (AvgIpc) is 3.60. The Balaban J connectivity index is 1.16. The van der Waals surface area contributed by atoms with Crippen molar-refractivity contribution in [3.63, 3.8) is 0 Å². The van der Waals surface area contributed by atoms with Gasteiger partial charge < -0.3 is 4.42 Å². The lowest BCUT2D eigenvalue weighted by atomic mass is 9.92. The van der Waals surface area contributed by atoms with Gasteiger partial charge in [-0.3, -0.25) is 0 Å². The summed E-state index contributed by atoms with van der Waals surface area (Å²) in [7, 11) is 0. The Labute approximate surface area is 294 Å². The van der Waals surface area contributed by atoms with E-state index in [1.165, 1.54) is 16.3 Å². The van der Waals surface area contributed by atoms with Gasteiger partial charge in [0, 0.05) is 27.5 Å². The van der Waals surface area contributed by atoms with Crippen molar-refractivity contribution in [1.82, 2.24) is 15.0 Å². The molecule has 0 aliphatic heterocycles. The maximum absolute atomic E-state index is 6.30. The zero-order valence-electron chi connectivity index (χ0n) is 27.5. The van der Waals surface area contributed by atoms with Crippen molar-refractivity contribution in [1.29, 1.82) is 0 Å². The summed E-state index contributed by atoms with van der Waals surface area (Å²) in [5, 5.41) is 6.91. The molecule has 0 spiro atoms. The molecule has 0 atom stereocenters. The molecule has 0 aliphatic rings. The Morgan fingerprint density at radius 3 is 1.63 bits per heavy atom. The molecule has 51 heavy (non-hydrogen) atoms. The highest BCUT2D eigenvalue weighted by Crippen LogP contribution is 2.41. The fourth-order valence-electron chi connectivity index (χ4n) is 7.29. The van der Waals surface area contributed by atoms with Crippen LogP contribution in [0, 0.1) is 0 Å². The largest absolute Gasteiger partial charge is 0.456 e. The SMILES string of the molecule is c1ccc(-c2nc(-c3ccc(-c4cccc5ccccc45)cc3)nc(-c3cc(-c4cccc5oc6ccccc6c45)c4ccccc4c3)n2)cc1. The minimum absolute atomic E-state index is 0.619. The van der Waals surface area contributed by atoms with Gasteiger partial charge in [0.1, 0.15) is 11.2 Å². The van der Waals surface area contributed by atoms with Gasteiger partial charge >= 0.3 is 0 Å². The Bertz CT molecular complexity index is 2900. The van der Waals surface area contributed by atoms with Gasteiger partial charge in [0.15, 0.2) is 17.5 Å². The predicted molar refractivity (Wildman–Crippen MR) is 209 cm³/mol. The molecule has 0 saturated carbocycles. The molecule has 8 aromatic carbocycles. The summed E-state index contributed by atoms with van der Waals surface area (Å²) < 4.78 is 6.30. The highest BCUT2D eigenvalue weighted by atomic mass is 16.3. The van der Waals surface area contributed by atoms with Gasteiger partial charge in [0.25, 0.3) is 0 Å².